The van der Waals surface area contributed by atoms with E-state index in [0.29, 0.717) is 19.6 Å². The van der Waals surface area contributed by atoms with Gasteiger partial charge in [0.25, 0.3) is 0 Å². The van der Waals surface area contributed by atoms with Crippen LogP contribution in [0.2, 0.25) is 0 Å². The van der Waals surface area contributed by atoms with Crippen LogP contribution in [0, 0.1) is 4.91 Å². The lowest BCUT2D eigenvalue weighted by molar-refractivity contribution is 0.223. The van der Waals surface area contributed by atoms with Crippen LogP contribution in [0.5, 0.6) is 0 Å². The van der Waals surface area contributed by atoms with E-state index in [-0.39, 0.29) is 6.04 Å². The maximum absolute atomic E-state index is 10.6. The molecule has 0 bridgehead atoms. The van der Waals surface area contributed by atoms with Crippen LogP contribution in [0.25, 0.3) is 0 Å². The highest BCUT2D eigenvalue weighted by atomic mass is 16.3. The molecule has 0 radical (unpaired) electrons. The maximum atomic E-state index is 10.6. The largest absolute Gasteiger partial charge is 0.468 e. The highest BCUT2D eigenvalue weighted by molar-refractivity contribution is 5.04. The molecule has 1 unspecified atom stereocenters. The Balaban J connectivity index is 2.03. The van der Waals surface area contributed by atoms with Gasteiger partial charge >= 0.3 is 0 Å². The van der Waals surface area contributed by atoms with E-state index < -0.39 is 0 Å². The van der Waals surface area contributed by atoms with Gasteiger partial charge in [-0.25, -0.2) is 0 Å². The molecule has 5 heteroatoms. The molecule has 2 aromatic heterocycles. The highest BCUT2D eigenvalue weighted by Crippen LogP contribution is 2.10. The molecule has 0 fully saturated rings. The zero-order chi connectivity index (χ0) is 13.5. The fraction of sp³-hybridized carbons (Fsp3) is 0.357. The van der Waals surface area contributed by atoms with Gasteiger partial charge in [-0.3, -0.25) is 9.88 Å². The van der Waals surface area contributed by atoms with Crippen LogP contribution in [0.4, 0.5) is 0 Å². The quantitative estimate of drug-likeness (QED) is 0.717. The minimum atomic E-state index is -0.251. The Hall–Kier alpha value is -2.01. The summed E-state index contributed by atoms with van der Waals surface area (Å²) in [6, 6.07) is 9.33. The van der Waals surface area contributed by atoms with Crippen molar-refractivity contribution in [3.63, 3.8) is 0 Å². The van der Waals surface area contributed by atoms with E-state index >= 15 is 0 Å². The van der Waals surface area contributed by atoms with Gasteiger partial charge in [-0.1, -0.05) is 11.2 Å². The summed E-state index contributed by atoms with van der Waals surface area (Å²) in [6.45, 7) is 3.70. The van der Waals surface area contributed by atoms with Gasteiger partial charge < -0.3 is 4.42 Å². The molecular weight excluding hydrogens is 242 g/mol. The predicted octanol–water partition coefficient (Wildman–Crippen LogP) is 2.83. The van der Waals surface area contributed by atoms with Crippen LogP contribution < -0.4 is 0 Å². The molecule has 2 heterocycles. The number of aromatic nitrogens is 1. The van der Waals surface area contributed by atoms with Gasteiger partial charge in [0.15, 0.2) is 0 Å². The van der Waals surface area contributed by atoms with E-state index in [1.807, 2.05) is 30.3 Å². The minimum absolute atomic E-state index is 0.251. The van der Waals surface area contributed by atoms with Crippen LogP contribution in [0.15, 0.2) is 52.4 Å². The number of hydrogen-bond acceptors (Lipinski definition) is 5. The number of pyridine rings is 1. The lowest BCUT2D eigenvalue weighted by Crippen LogP contribution is -2.29. The van der Waals surface area contributed by atoms with Gasteiger partial charge in [-0.2, -0.15) is 4.91 Å². The molecule has 5 nitrogen and oxygen atoms in total. The van der Waals surface area contributed by atoms with Gasteiger partial charge in [0.2, 0.25) is 0 Å². The summed E-state index contributed by atoms with van der Waals surface area (Å²) in [4.78, 5) is 17.0. The van der Waals surface area contributed by atoms with E-state index in [4.69, 9.17) is 4.42 Å². The molecule has 0 spiro atoms. The van der Waals surface area contributed by atoms with Crippen molar-refractivity contribution < 1.29 is 4.42 Å². The first-order valence-electron chi connectivity index (χ1n) is 6.25. The molecule has 0 amide bonds. The lowest BCUT2D eigenvalue weighted by Gasteiger charge is -2.21. The second kappa shape index (κ2) is 6.80. The van der Waals surface area contributed by atoms with Crippen molar-refractivity contribution in [1.82, 2.24) is 9.88 Å². The molecule has 2 aromatic rings. The molecule has 0 aliphatic heterocycles. The summed E-state index contributed by atoms with van der Waals surface area (Å²) in [6.07, 6.45) is 3.41. The number of rotatable bonds is 7. The molecule has 0 saturated heterocycles. The zero-order valence-corrected chi connectivity index (χ0v) is 10.9. The highest BCUT2D eigenvalue weighted by Gasteiger charge is 2.13. The van der Waals surface area contributed by atoms with Gasteiger partial charge in [-0.15, -0.1) is 0 Å². The molecule has 1 atom stereocenters. The molecule has 19 heavy (non-hydrogen) atoms. The maximum Gasteiger partial charge on any atom is 0.117 e. The summed E-state index contributed by atoms with van der Waals surface area (Å²) >= 11 is 0. The van der Waals surface area contributed by atoms with E-state index in [2.05, 4.69) is 15.1 Å². The standard InChI is InChI=1S/C14H17N3O2/c1-12(16-18)9-17(11-14-6-4-8-19-14)10-13-5-2-3-7-15-13/h2-8,12H,9-11H2,1H3. The van der Waals surface area contributed by atoms with E-state index in [1.165, 1.54) is 0 Å². The second-order valence-corrected chi connectivity index (χ2v) is 4.52. The topological polar surface area (TPSA) is 58.7 Å². The van der Waals surface area contributed by atoms with Gasteiger partial charge in [0.05, 0.1) is 18.5 Å². The molecule has 0 saturated carbocycles. The van der Waals surface area contributed by atoms with Crippen molar-refractivity contribution in [2.24, 2.45) is 5.18 Å². The Bertz CT molecular complexity index is 485. The van der Waals surface area contributed by atoms with Crippen LogP contribution in [0.1, 0.15) is 18.4 Å². The Morgan fingerprint density at radius 2 is 2.21 bits per heavy atom. The van der Waals surface area contributed by atoms with Crippen molar-refractivity contribution in [3.05, 3.63) is 59.2 Å². The summed E-state index contributed by atoms with van der Waals surface area (Å²) in [5.74, 6) is 0.869. The normalized spacial score (nSPS) is 12.5. The number of nitrogens with zero attached hydrogens (tertiary/aromatic N) is 3. The first-order chi connectivity index (χ1) is 9.28. The van der Waals surface area contributed by atoms with Gasteiger partial charge in [-0.05, 0) is 31.2 Å². The van der Waals surface area contributed by atoms with Crippen molar-refractivity contribution in [1.29, 1.82) is 0 Å². The average molecular weight is 259 g/mol. The third kappa shape index (κ3) is 4.30. The molecule has 0 aliphatic rings. The van der Waals surface area contributed by atoms with Crippen molar-refractivity contribution in [2.45, 2.75) is 26.1 Å². The zero-order valence-electron chi connectivity index (χ0n) is 10.9. The van der Waals surface area contributed by atoms with Crippen LogP contribution >= 0.6 is 0 Å². The van der Waals surface area contributed by atoms with E-state index in [1.54, 1.807) is 19.4 Å². The SMILES string of the molecule is CC(CN(Cc1ccccn1)Cc1ccco1)N=O. The van der Waals surface area contributed by atoms with E-state index in [9.17, 15) is 4.91 Å². The number of hydrogen-bond donors (Lipinski definition) is 0. The first-order valence-corrected chi connectivity index (χ1v) is 6.25. The average Bonchev–Trinajstić information content (AvgIpc) is 2.92. The van der Waals surface area contributed by atoms with Crippen molar-refractivity contribution >= 4 is 0 Å². The molecular formula is C14H17N3O2. The smallest absolute Gasteiger partial charge is 0.117 e. The molecule has 0 N–H and O–H groups in total. The van der Waals surface area contributed by atoms with Crippen LogP contribution in [-0.4, -0.2) is 22.5 Å². The Kier molecular flexibility index (Phi) is 4.80. The summed E-state index contributed by atoms with van der Waals surface area (Å²) in [7, 11) is 0. The Labute approximate surface area is 112 Å². The van der Waals surface area contributed by atoms with Crippen LogP contribution in [-0.2, 0) is 13.1 Å². The first kappa shape index (κ1) is 13.4. The molecule has 100 valence electrons. The number of nitroso groups, excluding NO2 is 1. The fourth-order valence-corrected chi connectivity index (χ4v) is 1.94. The third-order valence-electron chi connectivity index (χ3n) is 2.77. The molecule has 0 aromatic carbocycles. The van der Waals surface area contributed by atoms with Crippen molar-refractivity contribution in [3.8, 4) is 0 Å². The fourth-order valence-electron chi connectivity index (χ4n) is 1.94. The summed E-state index contributed by atoms with van der Waals surface area (Å²) in [5, 5.41) is 3.06. The Morgan fingerprint density at radius 1 is 1.32 bits per heavy atom. The third-order valence-corrected chi connectivity index (χ3v) is 2.77. The number of furan rings is 1. The van der Waals surface area contributed by atoms with Crippen molar-refractivity contribution in [2.75, 3.05) is 6.54 Å². The Morgan fingerprint density at radius 3 is 2.84 bits per heavy atom. The molecule has 2 rings (SSSR count). The van der Waals surface area contributed by atoms with Crippen LogP contribution in [0.3, 0.4) is 0 Å². The molecule has 0 aliphatic carbocycles. The summed E-state index contributed by atoms with van der Waals surface area (Å²) < 4.78 is 5.35. The van der Waals surface area contributed by atoms with E-state index in [0.717, 1.165) is 11.5 Å². The predicted molar refractivity (Wildman–Crippen MR) is 72.3 cm³/mol. The summed E-state index contributed by atoms with van der Waals surface area (Å²) in [5.41, 5.74) is 0.965. The van der Waals surface area contributed by atoms with Gasteiger partial charge in [0.1, 0.15) is 11.8 Å². The second-order valence-electron chi connectivity index (χ2n) is 4.52. The monoisotopic (exact) mass is 259 g/mol. The van der Waals surface area contributed by atoms with Gasteiger partial charge in [0, 0.05) is 19.3 Å². The lowest BCUT2D eigenvalue weighted by atomic mass is 10.2. The minimum Gasteiger partial charge on any atom is -0.468 e.